The number of amides is 1. The van der Waals surface area contributed by atoms with E-state index in [-0.39, 0.29) is 12.2 Å². The lowest BCUT2D eigenvalue weighted by Crippen LogP contribution is -2.48. The minimum atomic E-state index is -4.49. The number of piperazine rings is 1. The highest BCUT2D eigenvalue weighted by molar-refractivity contribution is 5.93. The molecule has 0 bridgehead atoms. The van der Waals surface area contributed by atoms with Crippen LogP contribution in [0.4, 0.5) is 18.9 Å². The Hall–Kier alpha value is -1.86. The van der Waals surface area contributed by atoms with Crippen LogP contribution < -0.4 is 5.32 Å². The summed E-state index contributed by atoms with van der Waals surface area (Å²) in [6, 6.07) is 5.03. The van der Waals surface area contributed by atoms with Crippen LogP contribution in [0.25, 0.3) is 0 Å². The maximum atomic E-state index is 13.0. The molecule has 1 amide bonds. The van der Waals surface area contributed by atoms with E-state index in [1.807, 2.05) is 4.90 Å². The molecule has 0 atom stereocenters. The Kier molecular flexibility index (Phi) is 6.61. The van der Waals surface area contributed by atoms with Crippen molar-refractivity contribution < 1.29 is 18.0 Å². The number of hydrogen-bond donors (Lipinski definition) is 1. The highest BCUT2D eigenvalue weighted by Crippen LogP contribution is 2.34. The van der Waals surface area contributed by atoms with E-state index < -0.39 is 17.6 Å². The molecule has 1 aromatic rings. The summed E-state index contributed by atoms with van der Waals surface area (Å²) < 4.78 is 38.9. The molecule has 2 rings (SSSR count). The molecule has 1 aliphatic rings. The molecule has 0 unspecified atom stereocenters. The normalized spacial score (nSPS) is 16.5. The molecule has 1 heterocycles. The number of hydrogen-bond acceptors (Lipinski definition) is 3. The zero-order valence-corrected chi connectivity index (χ0v) is 14.6. The molecule has 1 saturated heterocycles. The lowest BCUT2D eigenvalue weighted by molar-refractivity contribution is -0.137. The first-order chi connectivity index (χ1) is 11.8. The molecule has 0 spiro atoms. The topological polar surface area (TPSA) is 35.6 Å². The van der Waals surface area contributed by atoms with Gasteiger partial charge in [0.05, 0.1) is 17.8 Å². The Labute approximate surface area is 146 Å². The molecule has 0 aromatic heterocycles. The third kappa shape index (κ3) is 6.17. The molecular weight excluding hydrogens is 331 g/mol. The number of allylic oxidation sites excluding steroid dienone is 1. The number of carbonyl (C=O) groups is 1. The number of anilines is 1. The minimum absolute atomic E-state index is 0.0999. The molecule has 1 aliphatic heterocycles. The van der Waals surface area contributed by atoms with Gasteiger partial charge in [-0.25, -0.2) is 0 Å². The van der Waals surface area contributed by atoms with Gasteiger partial charge in [0.25, 0.3) is 0 Å². The second-order valence-corrected chi connectivity index (χ2v) is 6.45. The third-order valence-corrected chi connectivity index (χ3v) is 4.10. The van der Waals surface area contributed by atoms with Crippen molar-refractivity contribution in [1.29, 1.82) is 0 Å². The van der Waals surface area contributed by atoms with Crippen molar-refractivity contribution >= 4 is 11.6 Å². The number of nitrogens with one attached hydrogen (secondary N) is 1. The van der Waals surface area contributed by atoms with Crippen LogP contribution in [0.2, 0.25) is 0 Å². The number of rotatable bonds is 5. The SMILES string of the molecule is CC(C)=CCN1CCN(CC(=O)Nc2ccccc2C(F)(F)F)CC1. The number of alkyl halides is 3. The molecule has 25 heavy (non-hydrogen) atoms. The van der Waals surface area contributed by atoms with Gasteiger partial charge >= 0.3 is 6.18 Å². The first-order valence-electron chi connectivity index (χ1n) is 8.30. The van der Waals surface area contributed by atoms with Gasteiger partial charge in [-0.1, -0.05) is 23.8 Å². The predicted octanol–water partition coefficient (Wildman–Crippen LogP) is 3.23. The van der Waals surface area contributed by atoms with Crippen LogP contribution in [-0.4, -0.2) is 55.0 Å². The van der Waals surface area contributed by atoms with Crippen LogP contribution >= 0.6 is 0 Å². The predicted molar refractivity (Wildman–Crippen MR) is 92.4 cm³/mol. The average molecular weight is 355 g/mol. The van der Waals surface area contributed by atoms with Crippen LogP contribution in [0, 0.1) is 0 Å². The molecule has 1 N–H and O–H groups in total. The Morgan fingerprint density at radius 3 is 2.32 bits per heavy atom. The summed E-state index contributed by atoms with van der Waals surface area (Å²) in [5.74, 6) is -0.422. The van der Waals surface area contributed by atoms with Crippen molar-refractivity contribution in [2.45, 2.75) is 20.0 Å². The van der Waals surface area contributed by atoms with E-state index in [0.717, 1.165) is 38.8 Å². The maximum Gasteiger partial charge on any atom is 0.418 e. The van der Waals surface area contributed by atoms with Gasteiger partial charge in [-0.05, 0) is 26.0 Å². The van der Waals surface area contributed by atoms with E-state index in [2.05, 4.69) is 30.1 Å². The maximum absolute atomic E-state index is 13.0. The molecular formula is C18H24F3N3O. The van der Waals surface area contributed by atoms with E-state index in [1.54, 1.807) is 0 Å². The van der Waals surface area contributed by atoms with Gasteiger partial charge in [0.2, 0.25) is 5.91 Å². The van der Waals surface area contributed by atoms with Crippen LogP contribution in [-0.2, 0) is 11.0 Å². The summed E-state index contributed by atoms with van der Waals surface area (Å²) in [5.41, 5.74) is 0.252. The van der Waals surface area contributed by atoms with Crippen molar-refractivity contribution in [3.63, 3.8) is 0 Å². The molecule has 4 nitrogen and oxygen atoms in total. The number of carbonyl (C=O) groups excluding carboxylic acids is 1. The monoisotopic (exact) mass is 355 g/mol. The fourth-order valence-corrected chi connectivity index (χ4v) is 2.67. The number of nitrogens with zero attached hydrogens (tertiary/aromatic N) is 2. The minimum Gasteiger partial charge on any atom is -0.324 e. The zero-order valence-electron chi connectivity index (χ0n) is 14.6. The van der Waals surface area contributed by atoms with Gasteiger partial charge in [-0.2, -0.15) is 13.2 Å². The molecule has 0 aliphatic carbocycles. The summed E-state index contributed by atoms with van der Waals surface area (Å²) in [6.07, 6.45) is -2.32. The summed E-state index contributed by atoms with van der Waals surface area (Å²) in [6.45, 7) is 8.24. The standard InChI is InChI=1S/C18H24F3N3O/c1-14(2)7-8-23-9-11-24(12-10-23)13-17(25)22-16-6-4-3-5-15(16)18(19,20)21/h3-7H,8-13H2,1-2H3,(H,22,25). The lowest BCUT2D eigenvalue weighted by atomic mass is 10.1. The van der Waals surface area contributed by atoms with Crippen LogP contribution in [0.5, 0.6) is 0 Å². The van der Waals surface area contributed by atoms with Gasteiger partial charge < -0.3 is 5.32 Å². The Morgan fingerprint density at radius 2 is 1.72 bits per heavy atom. The van der Waals surface area contributed by atoms with E-state index in [9.17, 15) is 18.0 Å². The fourth-order valence-electron chi connectivity index (χ4n) is 2.67. The highest BCUT2D eigenvalue weighted by atomic mass is 19.4. The van der Waals surface area contributed by atoms with Crippen LogP contribution in [0.15, 0.2) is 35.9 Å². The Bertz CT molecular complexity index is 616. The molecule has 1 aromatic carbocycles. The number of para-hydroxylation sites is 1. The average Bonchev–Trinajstić information content (AvgIpc) is 2.53. The molecule has 0 saturated carbocycles. The summed E-state index contributed by atoms with van der Waals surface area (Å²) in [5, 5.41) is 2.39. The molecule has 0 radical (unpaired) electrons. The smallest absolute Gasteiger partial charge is 0.324 e. The van der Waals surface area contributed by atoms with Gasteiger partial charge in [-0.15, -0.1) is 0 Å². The second-order valence-electron chi connectivity index (χ2n) is 6.45. The van der Waals surface area contributed by atoms with Crippen LogP contribution in [0.1, 0.15) is 19.4 Å². The highest BCUT2D eigenvalue weighted by Gasteiger charge is 2.33. The summed E-state index contributed by atoms with van der Waals surface area (Å²) in [7, 11) is 0. The van der Waals surface area contributed by atoms with Crippen LogP contribution in [0.3, 0.4) is 0 Å². The fraction of sp³-hybridized carbons (Fsp3) is 0.500. The number of benzene rings is 1. The van der Waals surface area contributed by atoms with Gasteiger partial charge in [0, 0.05) is 32.7 Å². The van der Waals surface area contributed by atoms with Crippen molar-refractivity contribution in [3.05, 3.63) is 41.5 Å². The van der Waals surface area contributed by atoms with Gasteiger partial charge in [0.15, 0.2) is 0 Å². The van der Waals surface area contributed by atoms with E-state index in [0.29, 0.717) is 0 Å². The third-order valence-electron chi connectivity index (χ3n) is 4.10. The lowest BCUT2D eigenvalue weighted by Gasteiger charge is -2.33. The molecule has 1 fully saturated rings. The summed E-state index contributed by atoms with van der Waals surface area (Å²) in [4.78, 5) is 16.4. The van der Waals surface area contributed by atoms with Crippen molar-refractivity contribution in [2.75, 3.05) is 44.6 Å². The number of halogens is 3. The molecule has 7 heteroatoms. The summed E-state index contributed by atoms with van der Waals surface area (Å²) >= 11 is 0. The first kappa shape index (κ1) is 19.5. The second kappa shape index (κ2) is 8.49. The first-order valence-corrected chi connectivity index (χ1v) is 8.30. The van der Waals surface area contributed by atoms with Crippen molar-refractivity contribution in [2.24, 2.45) is 0 Å². The van der Waals surface area contributed by atoms with Crippen molar-refractivity contribution in [3.8, 4) is 0 Å². The molecule has 138 valence electrons. The van der Waals surface area contributed by atoms with E-state index in [1.165, 1.54) is 23.8 Å². The van der Waals surface area contributed by atoms with Gasteiger partial charge in [-0.3, -0.25) is 14.6 Å². The quantitative estimate of drug-likeness (QED) is 0.824. The van der Waals surface area contributed by atoms with E-state index in [4.69, 9.17) is 0 Å². The largest absolute Gasteiger partial charge is 0.418 e. The van der Waals surface area contributed by atoms with Gasteiger partial charge in [0.1, 0.15) is 0 Å². The Morgan fingerprint density at radius 1 is 1.12 bits per heavy atom. The van der Waals surface area contributed by atoms with Crippen molar-refractivity contribution in [1.82, 2.24) is 9.80 Å². The van der Waals surface area contributed by atoms with E-state index >= 15 is 0 Å². The Balaban J connectivity index is 1.85. The zero-order chi connectivity index (χ0) is 18.4.